The van der Waals surface area contributed by atoms with Crippen LogP contribution in [0.2, 0.25) is 0 Å². The number of carbonyl (C=O) groups is 1. The molecule has 1 aliphatic rings. The fourth-order valence-corrected chi connectivity index (χ4v) is 2.38. The molecule has 0 aromatic carbocycles. The summed E-state index contributed by atoms with van der Waals surface area (Å²) in [7, 11) is 0. The van der Waals surface area contributed by atoms with Gasteiger partial charge in [0, 0.05) is 18.7 Å². The highest BCUT2D eigenvalue weighted by molar-refractivity contribution is 5.84. The molecule has 1 fully saturated rings. The van der Waals surface area contributed by atoms with Gasteiger partial charge >= 0.3 is 0 Å². The molecule has 104 valence electrons. The van der Waals surface area contributed by atoms with Crippen molar-refractivity contribution in [1.29, 1.82) is 0 Å². The standard InChI is InChI=1S/C13H21N5O/c1-3-10-11(14)15-8-16-12(10)17-9(2)13(19)18-6-4-5-7-18/h8-9H,3-7H2,1-2H3,(H3,14,15,16,17). The second-order valence-electron chi connectivity index (χ2n) is 4.84. The van der Waals surface area contributed by atoms with Crippen LogP contribution in [0, 0.1) is 0 Å². The number of nitrogens with one attached hydrogen (secondary N) is 1. The third-order valence-electron chi connectivity index (χ3n) is 3.47. The molecule has 1 amide bonds. The molecule has 2 heterocycles. The van der Waals surface area contributed by atoms with E-state index in [1.807, 2.05) is 18.7 Å². The van der Waals surface area contributed by atoms with Crippen molar-refractivity contribution in [3.63, 3.8) is 0 Å². The number of hydrogen-bond donors (Lipinski definition) is 2. The lowest BCUT2D eigenvalue weighted by Crippen LogP contribution is -2.40. The average molecular weight is 263 g/mol. The van der Waals surface area contributed by atoms with Crippen molar-refractivity contribution in [3.05, 3.63) is 11.9 Å². The lowest BCUT2D eigenvalue weighted by Gasteiger charge is -2.22. The van der Waals surface area contributed by atoms with Crippen LogP contribution < -0.4 is 11.1 Å². The van der Waals surface area contributed by atoms with Crippen LogP contribution in [0.4, 0.5) is 11.6 Å². The van der Waals surface area contributed by atoms with Crippen LogP contribution in [0.25, 0.3) is 0 Å². The third kappa shape index (κ3) is 2.94. The van der Waals surface area contributed by atoms with Crippen LogP contribution in [-0.4, -0.2) is 39.9 Å². The molecule has 1 saturated heterocycles. The number of nitrogen functional groups attached to an aromatic ring is 1. The highest BCUT2D eigenvalue weighted by atomic mass is 16.2. The van der Waals surface area contributed by atoms with E-state index in [-0.39, 0.29) is 11.9 Å². The zero-order valence-corrected chi connectivity index (χ0v) is 11.5. The topological polar surface area (TPSA) is 84.1 Å². The van der Waals surface area contributed by atoms with Crippen LogP contribution in [-0.2, 0) is 11.2 Å². The van der Waals surface area contributed by atoms with Crippen molar-refractivity contribution in [2.75, 3.05) is 24.1 Å². The van der Waals surface area contributed by atoms with Crippen molar-refractivity contribution >= 4 is 17.5 Å². The molecular formula is C13H21N5O. The van der Waals surface area contributed by atoms with E-state index in [0.717, 1.165) is 37.9 Å². The van der Waals surface area contributed by atoms with E-state index in [9.17, 15) is 4.79 Å². The van der Waals surface area contributed by atoms with E-state index < -0.39 is 0 Å². The second-order valence-corrected chi connectivity index (χ2v) is 4.84. The summed E-state index contributed by atoms with van der Waals surface area (Å²) in [6.07, 6.45) is 4.35. The summed E-state index contributed by atoms with van der Waals surface area (Å²) in [5, 5.41) is 3.16. The van der Waals surface area contributed by atoms with Crippen LogP contribution in [0.5, 0.6) is 0 Å². The minimum Gasteiger partial charge on any atom is -0.383 e. The van der Waals surface area contributed by atoms with E-state index in [0.29, 0.717) is 11.6 Å². The minimum absolute atomic E-state index is 0.122. The monoisotopic (exact) mass is 263 g/mol. The number of anilines is 2. The fraction of sp³-hybridized carbons (Fsp3) is 0.615. The molecule has 1 unspecified atom stereocenters. The molecular weight excluding hydrogens is 242 g/mol. The van der Waals surface area contributed by atoms with Crippen molar-refractivity contribution in [2.45, 2.75) is 39.2 Å². The van der Waals surface area contributed by atoms with Gasteiger partial charge in [0.1, 0.15) is 24.0 Å². The Bertz CT molecular complexity index is 456. The molecule has 0 saturated carbocycles. The van der Waals surface area contributed by atoms with Gasteiger partial charge in [-0.3, -0.25) is 4.79 Å². The predicted molar refractivity (Wildman–Crippen MR) is 74.7 cm³/mol. The molecule has 0 radical (unpaired) electrons. The molecule has 3 N–H and O–H groups in total. The van der Waals surface area contributed by atoms with Gasteiger partial charge in [-0.15, -0.1) is 0 Å². The van der Waals surface area contributed by atoms with Crippen LogP contribution in [0.3, 0.4) is 0 Å². The van der Waals surface area contributed by atoms with E-state index in [1.165, 1.54) is 6.33 Å². The van der Waals surface area contributed by atoms with Gasteiger partial charge < -0.3 is 16.0 Å². The molecule has 19 heavy (non-hydrogen) atoms. The number of carbonyl (C=O) groups excluding carboxylic acids is 1. The van der Waals surface area contributed by atoms with E-state index in [1.54, 1.807) is 0 Å². The Kier molecular flexibility index (Phi) is 4.19. The molecule has 0 spiro atoms. The number of aromatic nitrogens is 2. The molecule has 0 bridgehead atoms. The van der Waals surface area contributed by atoms with Crippen molar-refractivity contribution in [1.82, 2.24) is 14.9 Å². The molecule has 2 rings (SSSR count). The van der Waals surface area contributed by atoms with Crippen LogP contribution >= 0.6 is 0 Å². The largest absolute Gasteiger partial charge is 0.383 e. The number of nitrogens with two attached hydrogens (primary N) is 1. The number of rotatable bonds is 4. The van der Waals surface area contributed by atoms with Gasteiger partial charge in [0.05, 0.1) is 0 Å². The van der Waals surface area contributed by atoms with Gasteiger partial charge in [-0.2, -0.15) is 0 Å². The first-order valence-corrected chi connectivity index (χ1v) is 6.78. The summed E-state index contributed by atoms with van der Waals surface area (Å²) >= 11 is 0. The summed E-state index contributed by atoms with van der Waals surface area (Å²) in [6.45, 7) is 5.57. The van der Waals surface area contributed by atoms with Crippen LogP contribution in [0.15, 0.2) is 6.33 Å². The van der Waals surface area contributed by atoms with E-state index in [2.05, 4.69) is 15.3 Å². The molecule has 0 aliphatic carbocycles. The SMILES string of the molecule is CCc1c(N)ncnc1NC(C)C(=O)N1CCCC1. The number of nitrogens with zero attached hydrogens (tertiary/aromatic N) is 3. The zero-order valence-electron chi connectivity index (χ0n) is 11.5. The summed E-state index contributed by atoms with van der Waals surface area (Å²) < 4.78 is 0. The van der Waals surface area contributed by atoms with Gasteiger partial charge in [-0.1, -0.05) is 6.92 Å². The van der Waals surface area contributed by atoms with Gasteiger partial charge in [0.15, 0.2) is 0 Å². The Morgan fingerprint density at radius 2 is 2.16 bits per heavy atom. The van der Waals surface area contributed by atoms with E-state index >= 15 is 0 Å². The Hall–Kier alpha value is -1.85. The van der Waals surface area contributed by atoms with Gasteiger partial charge in [-0.25, -0.2) is 9.97 Å². The normalized spacial score (nSPS) is 16.4. The Labute approximate surface area is 113 Å². The highest BCUT2D eigenvalue weighted by Gasteiger charge is 2.24. The third-order valence-corrected chi connectivity index (χ3v) is 3.47. The summed E-state index contributed by atoms with van der Waals surface area (Å²) in [5.41, 5.74) is 6.68. The van der Waals surface area contributed by atoms with Crippen LogP contribution in [0.1, 0.15) is 32.3 Å². The highest BCUT2D eigenvalue weighted by Crippen LogP contribution is 2.19. The molecule has 6 heteroatoms. The Morgan fingerprint density at radius 1 is 1.47 bits per heavy atom. The molecule has 1 aromatic heterocycles. The maximum Gasteiger partial charge on any atom is 0.244 e. The lowest BCUT2D eigenvalue weighted by atomic mass is 10.2. The number of hydrogen-bond acceptors (Lipinski definition) is 5. The van der Waals surface area contributed by atoms with Crippen molar-refractivity contribution in [2.24, 2.45) is 0 Å². The molecule has 1 aliphatic heterocycles. The molecule has 1 atom stereocenters. The maximum atomic E-state index is 12.2. The Balaban J connectivity index is 2.08. The first-order chi connectivity index (χ1) is 9.13. The van der Waals surface area contributed by atoms with E-state index in [4.69, 9.17) is 5.73 Å². The first kappa shape index (κ1) is 13.6. The van der Waals surface area contributed by atoms with Crippen molar-refractivity contribution < 1.29 is 4.79 Å². The predicted octanol–water partition coefficient (Wildman–Crippen LogP) is 1.04. The zero-order chi connectivity index (χ0) is 13.8. The summed E-state index contributed by atoms with van der Waals surface area (Å²) in [5.74, 6) is 1.26. The van der Waals surface area contributed by atoms with Gasteiger partial charge in [-0.05, 0) is 26.2 Å². The maximum absolute atomic E-state index is 12.2. The molecule has 6 nitrogen and oxygen atoms in total. The van der Waals surface area contributed by atoms with Crippen molar-refractivity contribution in [3.8, 4) is 0 Å². The minimum atomic E-state index is -0.294. The van der Waals surface area contributed by atoms with Gasteiger partial charge in [0.2, 0.25) is 5.91 Å². The smallest absolute Gasteiger partial charge is 0.244 e. The quantitative estimate of drug-likeness (QED) is 0.848. The second kappa shape index (κ2) is 5.86. The average Bonchev–Trinajstić information content (AvgIpc) is 2.92. The fourth-order valence-electron chi connectivity index (χ4n) is 2.38. The number of amides is 1. The Morgan fingerprint density at radius 3 is 2.79 bits per heavy atom. The first-order valence-electron chi connectivity index (χ1n) is 6.78. The van der Waals surface area contributed by atoms with Gasteiger partial charge in [0.25, 0.3) is 0 Å². The molecule has 1 aromatic rings. The number of likely N-dealkylation sites (tertiary alicyclic amines) is 1. The summed E-state index contributed by atoms with van der Waals surface area (Å²) in [6, 6.07) is -0.294. The lowest BCUT2D eigenvalue weighted by molar-refractivity contribution is -0.130. The summed E-state index contributed by atoms with van der Waals surface area (Å²) in [4.78, 5) is 22.3.